The van der Waals surface area contributed by atoms with Gasteiger partial charge in [-0.25, -0.2) is 0 Å². The Morgan fingerprint density at radius 2 is 1.72 bits per heavy atom. The third kappa shape index (κ3) is 5.99. The summed E-state index contributed by atoms with van der Waals surface area (Å²) >= 11 is 0. The van der Waals surface area contributed by atoms with Gasteiger partial charge in [0.25, 0.3) is 11.7 Å². The molecule has 0 aliphatic carbocycles. The summed E-state index contributed by atoms with van der Waals surface area (Å²) in [7, 11) is 0. The molecule has 8 nitrogen and oxygen atoms in total. The zero-order valence-electron chi connectivity index (χ0n) is 21.7. The number of benzene rings is 3. The van der Waals surface area contributed by atoms with E-state index in [-0.39, 0.29) is 17.1 Å². The number of aliphatic hydroxyl groups is 1. The Morgan fingerprint density at radius 3 is 2.36 bits per heavy atom. The second kappa shape index (κ2) is 12.1. The summed E-state index contributed by atoms with van der Waals surface area (Å²) in [6.45, 7) is 3.96. The Labute approximate surface area is 226 Å². The highest BCUT2D eigenvalue weighted by Crippen LogP contribution is 2.43. The minimum atomic E-state index is -1.02. The normalized spacial score (nSPS) is 16.1. The van der Waals surface area contributed by atoms with Gasteiger partial charge in [-0.1, -0.05) is 31.9 Å². The maximum absolute atomic E-state index is 13.4. The van der Waals surface area contributed by atoms with Crippen molar-refractivity contribution in [1.29, 1.82) is 5.26 Å². The number of Topliss-reactive ketones (excluding diaryl/α,β-unsaturated/α-hetero) is 1. The van der Waals surface area contributed by atoms with Crippen LogP contribution in [0.1, 0.15) is 55.8 Å². The summed E-state index contributed by atoms with van der Waals surface area (Å²) in [4.78, 5) is 39.5. The van der Waals surface area contributed by atoms with E-state index in [9.17, 15) is 24.8 Å². The Kier molecular flexibility index (Phi) is 8.42. The van der Waals surface area contributed by atoms with Crippen LogP contribution in [0.15, 0.2) is 78.4 Å². The maximum Gasteiger partial charge on any atom is 0.308 e. The standard InChI is InChI=1S/C31H28N2O6/c1-3-4-5-17-38-25-15-11-22(12-16-25)29(35)27-28(23-7-6-8-26(18-23)39-20(2)34)33(31(37)30(27)36)24-13-9-21(19-32)10-14-24/h6-16,18,28,35H,3-5,17H2,1-2H3/b29-27-. The maximum atomic E-state index is 13.4. The van der Waals surface area contributed by atoms with E-state index in [0.29, 0.717) is 34.7 Å². The second-order valence-corrected chi connectivity index (χ2v) is 9.07. The number of amides is 1. The van der Waals surface area contributed by atoms with Crippen molar-refractivity contribution in [2.24, 2.45) is 0 Å². The van der Waals surface area contributed by atoms with Crippen LogP contribution in [0.2, 0.25) is 0 Å². The van der Waals surface area contributed by atoms with Gasteiger partial charge >= 0.3 is 5.97 Å². The van der Waals surface area contributed by atoms with E-state index < -0.39 is 23.7 Å². The lowest BCUT2D eigenvalue weighted by Gasteiger charge is -2.25. The van der Waals surface area contributed by atoms with E-state index in [0.717, 1.165) is 19.3 Å². The molecule has 0 radical (unpaired) electrons. The van der Waals surface area contributed by atoms with Crippen LogP contribution in [0.3, 0.4) is 0 Å². The number of carbonyl (C=O) groups excluding carboxylic acids is 3. The van der Waals surface area contributed by atoms with Gasteiger partial charge < -0.3 is 14.6 Å². The molecule has 3 aromatic carbocycles. The van der Waals surface area contributed by atoms with Gasteiger partial charge in [0.05, 0.1) is 29.9 Å². The molecule has 39 heavy (non-hydrogen) atoms. The van der Waals surface area contributed by atoms with Crippen molar-refractivity contribution in [3.63, 3.8) is 0 Å². The van der Waals surface area contributed by atoms with Gasteiger partial charge in [-0.2, -0.15) is 5.26 Å². The molecular weight excluding hydrogens is 496 g/mol. The van der Waals surface area contributed by atoms with Crippen LogP contribution >= 0.6 is 0 Å². The molecule has 8 heteroatoms. The number of anilines is 1. The number of aliphatic hydroxyl groups excluding tert-OH is 1. The zero-order valence-corrected chi connectivity index (χ0v) is 21.7. The summed E-state index contributed by atoms with van der Waals surface area (Å²) in [5, 5.41) is 20.5. The van der Waals surface area contributed by atoms with Crippen LogP contribution in [0.4, 0.5) is 5.69 Å². The first-order valence-electron chi connectivity index (χ1n) is 12.7. The summed E-state index contributed by atoms with van der Waals surface area (Å²) in [6, 6.07) is 20.3. The van der Waals surface area contributed by atoms with Crippen molar-refractivity contribution in [3.05, 3.63) is 95.1 Å². The van der Waals surface area contributed by atoms with Crippen LogP contribution < -0.4 is 14.4 Å². The molecule has 1 saturated heterocycles. The third-order valence-electron chi connectivity index (χ3n) is 6.30. The molecule has 0 bridgehead atoms. The summed E-state index contributed by atoms with van der Waals surface area (Å²) in [5.74, 6) is -1.70. The first-order valence-corrected chi connectivity index (χ1v) is 12.7. The lowest BCUT2D eigenvalue weighted by Crippen LogP contribution is -2.29. The first kappa shape index (κ1) is 27.1. The molecule has 1 aliphatic rings. The Morgan fingerprint density at radius 1 is 1.00 bits per heavy atom. The lowest BCUT2D eigenvalue weighted by atomic mass is 9.95. The highest BCUT2D eigenvalue weighted by Gasteiger charge is 2.47. The van der Waals surface area contributed by atoms with Crippen molar-refractivity contribution in [1.82, 2.24) is 0 Å². The largest absolute Gasteiger partial charge is 0.507 e. The molecule has 198 valence electrons. The van der Waals surface area contributed by atoms with E-state index >= 15 is 0 Å². The van der Waals surface area contributed by atoms with Gasteiger partial charge in [-0.3, -0.25) is 19.3 Å². The molecule has 1 heterocycles. The third-order valence-corrected chi connectivity index (χ3v) is 6.30. The minimum Gasteiger partial charge on any atom is -0.507 e. The smallest absolute Gasteiger partial charge is 0.308 e. The van der Waals surface area contributed by atoms with Gasteiger partial charge in [0.1, 0.15) is 17.3 Å². The van der Waals surface area contributed by atoms with Crippen molar-refractivity contribution in [2.45, 2.75) is 39.2 Å². The zero-order chi connectivity index (χ0) is 27.9. The lowest BCUT2D eigenvalue weighted by molar-refractivity contribution is -0.132. The molecule has 0 spiro atoms. The van der Waals surface area contributed by atoms with Gasteiger partial charge in [-0.15, -0.1) is 0 Å². The molecule has 0 saturated carbocycles. The van der Waals surface area contributed by atoms with Crippen molar-refractivity contribution in [3.8, 4) is 17.6 Å². The number of rotatable bonds is 9. The molecule has 1 atom stereocenters. The Bertz CT molecular complexity index is 1450. The minimum absolute atomic E-state index is 0.110. The topological polar surface area (TPSA) is 117 Å². The van der Waals surface area contributed by atoms with E-state index in [2.05, 4.69) is 6.92 Å². The number of nitrogens with zero attached hydrogens (tertiary/aromatic N) is 2. The van der Waals surface area contributed by atoms with Gasteiger partial charge in [0.2, 0.25) is 0 Å². The summed E-state index contributed by atoms with van der Waals surface area (Å²) in [5.41, 5.74) is 1.44. The molecule has 1 unspecified atom stereocenters. The van der Waals surface area contributed by atoms with Crippen molar-refractivity contribution >= 4 is 29.1 Å². The van der Waals surface area contributed by atoms with E-state index in [1.165, 1.54) is 11.8 Å². The SMILES string of the molecule is CCCCCOc1ccc(/C(O)=C2/C(=O)C(=O)N(c3ccc(C#N)cc3)C2c2cccc(OC(C)=O)c2)cc1. The number of esters is 1. The highest BCUT2D eigenvalue weighted by molar-refractivity contribution is 6.51. The second-order valence-electron chi connectivity index (χ2n) is 9.07. The average Bonchev–Trinajstić information content (AvgIpc) is 3.21. The van der Waals surface area contributed by atoms with Gasteiger partial charge in [0.15, 0.2) is 0 Å². The van der Waals surface area contributed by atoms with Gasteiger partial charge in [-0.05, 0) is 72.6 Å². The number of unbranched alkanes of at least 4 members (excludes halogenated alkanes) is 2. The molecule has 1 fully saturated rings. The quantitative estimate of drug-likeness (QED) is 0.0956. The van der Waals surface area contributed by atoms with Crippen LogP contribution in [0, 0.1) is 11.3 Å². The van der Waals surface area contributed by atoms with E-state index in [4.69, 9.17) is 9.47 Å². The molecule has 4 rings (SSSR count). The molecule has 1 aliphatic heterocycles. The number of nitriles is 1. The number of hydrogen-bond acceptors (Lipinski definition) is 7. The summed E-state index contributed by atoms with van der Waals surface area (Å²) in [6.07, 6.45) is 3.08. The van der Waals surface area contributed by atoms with Crippen LogP contribution in [-0.2, 0) is 14.4 Å². The number of ketones is 1. The van der Waals surface area contributed by atoms with Crippen LogP contribution in [0.5, 0.6) is 11.5 Å². The fourth-order valence-electron chi connectivity index (χ4n) is 4.43. The average molecular weight is 525 g/mol. The van der Waals surface area contributed by atoms with Crippen LogP contribution in [0.25, 0.3) is 5.76 Å². The molecular formula is C31H28N2O6. The first-order chi connectivity index (χ1) is 18.8. The molecule has 1 N–H and O–H groups in total. The van der Waals surface area contributed by atoms with Crippen molar-refractivity contribution in [2.75, 3.05) is 11.5 Å². The van der Waals surface area contributed by atoms with E-state index in [1.807, 2.05) is 6.07 Å². The monoisotopic (exact) mass is 524 g/mol. The predicted octanol–water partition coefficient (Wildman–Crippen LogP) is 5.68. The van der Waals surface area contributed by atoms with Crippen molar-refractivity contribution < 1.29 is 29.0 Å². The number of ether oxygens (including phenoxy) is 2. The molecule has 3 aromatic rings. The molecule has 0 aromatic heterocycles. The fourth-order valence-corrected chi connectivity index (χ4v) is 4.43. The van der Waals surface area contributed by atoms with E-state index in [1.54, 1.807) is 72.8 Å². The van der Waals surface area contributed by atoms with Crippen LogP contribution in [-0.4, -0.2) is 29.4 Å². The number of hydrogen-bond donors (Lipinski definition) is 1. The predicted molar refractivity (Wildman–Crippen MR) is 145 cm³/mol. The Balaban J connectivity index is 1.79. The summed E-state index contributed by atoms with van der Waals surface area (Å²) < 4.78 is 11.0. The van der Waals surface area contributed by atoms with Gasteiger partial charge in [0, 0.05) is 18.2 Å². The number of carbonyl (C=O) groups is 3. The fraction of sp³-hybridized carbons (Fsp3) is 0.226. The highest BCUT2D eigenvalue weighted by atomic mass is 16.5. The Hall–Kier alpha value is -4.90. The molecule has 1 amide bonds.